The minimum atomic E-state index is 0.140. The number of nitrogens with two attached hydrogens (primary N) is 1. The summed E-state index contributed by atoms with van der Waals surface area (Å²) < 4.78 is 0. The molecule has 1 aliphatic rings. The molecule has 0 saturated carbocycles. The number of rotatable bonds is 0. The van der Waals surface area contributed by atoms with Crippen LogP contribution in [-0.4, -0.2) is 6.04 Å². The molecule has 0 aromatic carbocycles. The van der Waals surface area contributed by atoms with Crippen LogP contribution >= 0.6 is 11.6 Å². The van der Waals surface area contributed by atoms with E-state index in [1.165, 1.54) is 0 Å². The first-order valence-electron chi connectivity index (χ1n) is 2.42. The predicted molar refractivity (Wildman–Crippen MR) is 31.1 cm³/mol. The lowest BCUT2D eigenvalue weighted by atomic mass is 10.3. The van der Waals surface area contributed by atoms with E-state index in [0.717, 1.165) is 17.9 Å². The Balaban J connectivity index is 2.54. The van der Waals surface area contributed by atoms with Crippen molar-refractivity contribution in [1.82, 2.24) is 0 Å². The number of hydrogen-bond acceptors (Lipinski definition) is 1. The molecule has 0 fully saturated rings. The van der Waals surface area contributed by atoms with Crippen LogP contribution in [0.1, 0.15) is 12.8 Å². The van der Waals surface area contributed by atoms with Gasteiger partial charge in [-0.05, 0) is 12.8 Å². The molecule has 0 aromatic rings. The Labute approximate surface area is 48.1 Å². The molecule has 0 aliphatic heterocycles. The van der Waals surface area contributed by atoms with Gasteiger partial charge in [-0.1, -0.05) is 17.7 Å². The van der Waals surface area contributed by atoms with Crippen molar-refractivity contribution in [3.8, 4) is 0 Å². The van der Waals surface area contributed by atoms with E-state index in [2.05, 4.69) is 0 Å². The maximum absolute atomic E-state index is 5.60. The van der Waals surface area contributed by atoms with E-state index in [-0.39, 0.29) is 6.04 Å². The van der Waals surface area contributed by atoms with Gasteiger partial charge in [0.1, 0.15) is 0 Å². The van der Waals surface area contributed by atoms with Gasteiger partial charge in [-0.25, -0.2) is 0 Å². The lowest BCUT2D eigenvalue weighted by molar-refractivity contribution is 0.772. The summed E-state index contributed by atoms with van der Waals surface area (Å²) in [5.41, 5.74) is 5.48. The van der Waals surface area contributed by atoms with Crippen molar-refractivity contribution in [2.75, 3.05) is 0 Å². The van der Waals surface area contributed by atoms with E-state index < -0.39 is 0 Å². The van der Waals surface area contributed by atoms with Crippen LogP contribution in [0.4, 0.5) is 0 Å². The van der Waals surface area contributed by atoms with E-state index in [4.69, 9.17) is 17.3 Å². The summed E-state index contributed by atoms with van der Waals surface area (Å²) in [6.45, 7) is 0. The fourth-order valence-corrected chi connectivity index (χ4v) is 0.908. The molecule has 0 saturated heterocycles. The fourth-order valence-electron chi connectivity index (χ4n) is 0.690. The molecule has 0 heterocycles. The van der Waals surface area contributed by atoms with Crippen LogP contribution in [-0.2, 0) is 0 Å². The summed E-state index contributed by atoms with van der Waals surface area (Å²) in [5, 5.41) is 0.833. The van der Waals surface area contributed by atoms with Crippen LogP contribution in [0.2, 0.25) is 0 Å². The van der Waals surface area contributed by atoms with Gasteiger partial charge >= 0.3 is 0 Å². The second-order valence-corrected chi connectivity index (χ2v) is 2.21. The molecule has 2 heteroatoms. The Kier molecular flexibility index (Phi) is 1.35. The van der Waals surface area contributed by atoms with Gasteiger partial charge in [-0.3, -0.25) is 0 Å². The number of hydrogen-bond donors (Lipinski definition) is 1. The topological polar surface area (TPSA) is 26.0 Å². The molecule has 1 rings (SSSR count). The van der Waals surface area contributed by atoms with Gasteiger partial charge in [-0.15, -0.1) is 0 Å². The maximum atomic E-state index is 5.60. The maximum Gasteiger partial charge on any atom is 0.0403 e. The van der Waals surface area contributed by atoms with Crippen molar-refractivity contribution in [2.45, 2.75) is 18.9 Å². The van der Waals surface area contributed by atoms with Gasteiger partial charge in [0.25, 0.3) is 0 Å². The van der Waals surface area contributed by atoms with Crippen molar-refractivity contribution in [1.29, 1.82) is 0 Å². The highest BCUT2D eigenvalue weighted by molar-refractivity contribution is 6.30. The predicted octanol–water partition coefficient (Wildman–Crippen LogP) is 1.23. The summed E-state index contributed by atoms with van der Waals surface area (Å²) in [6, 6.07) is 0.140. The quantitative estimate of drug-likeness (QED) is 0.508. The third-order valence-electron chi connectivity index (χ3n) is 1.17. The highest BCUT2D eigenvalue weighted by Gasteiger charge is 2.10. The Hall–Kier alpha value is -0.0100. The standard InChI is InChI=1S/C5H8ClN/c6-4-2-1-3-5(4)7/h2,5H,1,3,7H2/t5-/m1/s1. The minimum absolute atomic E-state index is 0.140. The van der Waals surface area contributed by atoms with Crippen LogP contribution in [0, 0.1) is 0 Å². The van der Waals surface area contributed by atoms with Crippen molar-refractivity contribution in [3.63, 3.8) is 0 Å². The van der Waals surface area contributed by atoms with Crippen molar-refractivity contribution in [3.05, 3.63) is 11.1 Å². The molecule has 2 N–H and O–H groups in total. The fraction of sp³-hybridized carbons (Fsp3) is 0.600. The molecule has 1 aliphatic carbocycles. The molecule has 0 amide bonds. The molecule has 7 heavy (non-hydrogen) atoms. The number of halogens is 1. The first-order chi connectivity index (χ1) is 3.30. The van der Waals surface area contributed by atoms with E-state index >= 15 is 0 Å². The lowest BCUT2D eigenvalue weighted by Crippen LogP contribution is -2.15. The molecule has 0 aromatic heterocycles. The second kappa shape index (κ2) is 1.85. The summed E-state index contributed by atoms with van der Waals surface area (Å²) in [4.78, 5) is 0. The summed E-state index contributed by atoms with van der Waals surface area (Å²) in [5.74, 6) is 0. The summed E-state index contributed by atoms with van der Waals surface area (Å²) in [7, 11) is 0. The Morgan fingerprint density at radius 1 is 1.86 bits per heavy atom. The van der Waals surface area contributed by atoms with Crippen molar-refractivity contribution < 1.29 is 0 Å². The first kappa shape index (κ1) is 5.13. The molecular weight excluding hydrogens is 110 g/mol. The average molecular weight is 118 g/mol. The van der Waals surface area contributed by atoms with Crippen molar-refractivity contribution in [2.24, 2.45) is 5.73 Å². The molecule has 0 unspecified atom stereocenters. The molecule has 0 radical (unpaired) electrons. The third kappa shape index (κ3) is 0.956. The first-order valence-corrected chi connectivity index (χ1v) is 2.79. The average Bonchev–Trinajstić information content (AvgIpc) is 1.91. The van der Waals surface area contributed by atoms with E-state index in [0.29, 0.717) is 0 Å². The summed E-state index contributed by atoms with van der Waals surface area (Å²) >= 11 is 5.60. The SMILES string of the molecule is N[C@@H]1CCC=C1Cl. The zero-order valence-electron chi connectivity index (χ0n) is 4.02. The van der Waals surface area contributed by atoms with E-state index in [1.807, 2.05) is 6.08 Å². The molecule has 1 atom stereocenters. The van der Waals surface area contributed by atoms with Crippen LogP contribution in [0.25, 0.3) is 0 Å². The van der Waals surface area contributed by atoms with Gasteiger partial charge < -0.3 is 5.73 Å². The van der Waals surface area contributed by atoms with Gasteiger partial charge in [0, 0.05) is 11.1 Å². The molecule has 0 spiro atoms. The molecule has 0 bridgehead atoms. The van der Waals surface area contributed by atoms with Gasteiger partial charge in [0.05, 0.1) is 0 Å². The van der Waals surface area contributed by atoms with Gasteiger partial charge in [-0.2, -0.15) is 0 Å². The van der Waals surface area contributed by atoms with Gasteiger partial charge in [0.2, 0.25) is 0 Å². The smallest absolute Gasteiger partial charge is 0.0403 e. The summed E-state index contributed by atoms with van der Waals surface area (Å²) in [6.07, 6.45) is 4.06. The lowest BCUT2D eigenvalue weighted by Gasteiger charge is -1.97. The van der Waals surface area contributed by atoms with E-state index in [1.54, 1.807) is 0 Å². The van der Waals surface area contributed by atoms with Gasteiger partial charge in [0.15, 0.2) is 0 Å². The van der Waals surface area contributed by atoms with Crippen LogP contribution in [0.15, 0.2) is 11.1 Å². The molecule has 1 nitrogen and oxygen atoms in total. The Morgan fingerprint density at radius 2 is 2.57 bits per heavy atom. The van der Waals surface area contributed by atoms with Crippen molar-refractivity contribution >= 4 is 11.6 Å². The zero-order valence-corrected chi connectivity index (χ0v) is 4.78. The zero-order chi connectivity index (χ0) is 5.28. The minimum Gasteiger partial charge on any atom is -0.323 e. The van der Waals surface area contributed by atoms with Crippen LogP contribution in [0.3, 0.4) is 0 Å². The highest BCUT2D eigenvalue weighted by Crippen LogP contribution is 2.19. The molecular formula is C5H8ClN. The van der Waals surface area contributed by atoms with E-state index in [9.17, 15) is 0 Å². The van der Waals surface area contributed by atoms with Crippen LogP contribution < -0.4 is 5.73 Å². The largest absolute Gasteiger partial charge is 0.323 e. The monoisotopic (exact) mass is 117 g/mol. The number of allylic oxidation sites excluding steroid dienone is 1. The van der Waals surface area contributed by atoms with Crippen LogP contribution in [0.5, 0.6) is 0 Å². The second-order valence-electron chi connectivity index (χ2n) is 1.77. The highest BCUT2D eigenvalue weighted by atomic mass is 35.5. The molecule has 40 valence electrons. The normalized spacial score (nSPS) is 30.6. The Morgan fingerprint density at radius 3 is 2.71 bits per heavy atom. The third-order valence-corrected chi connectivity index (χ3v) is 1.61. The Bertz CT molecular complexity index is 98.3.